The van der Waals surface area contributed by atoms with Gasteiger partial charge in [-0.3, -0.25) is 4.57 Å². The predicted octanol–water partition coefficient (Wildman–Crippen LogP) is 2.75. The van der Waals surface area contributed by atoms with Gasteiger partial charge in [-0.2, -0.15) is 17.5 Å². The molecule has 3 heterocycles. The molecular formula is C20H21F3N4O4S. The van der Waals surface area contributed by atoms with Crippen LogP contribution in [0, 0.1) is 6.92 Å². The van der Waals surface area contributed by atoms with Crippen molar-refractivity contribution < 1.29 is 26.0 Å². The van der Waals surface area contributed by atoms with Crippen LogP contribution in [-0.2, 0) is 23.2 Å². The van der Waals surface area contributed by atoms with Gasteiger partial charge in [0, 0.05) is 45.5 Å². The lowest BCUT2D eigenvalue weighted by molar-refractivity contribution is -0.137. The summed E-state index contributed by atoms with van der Waals surface area (Å²) in [6.45, 7) is 2.77. The first-order chi connectivity index (χ1) is 15.0. The van der Waals surface area contributed by atoms with Gasteiger partial charge < -0.3 is 9.32 Å². The zero-order valence-corrected chi connectivity index (χ0v) is 18.2. The van der Waals surface area contributed by atoms with Crippen LogP contribution in [0.1, 0.15) is 17.5 Å². The number of nitrogens with zero attached hydrogens (tertiary/aromatic N) is 4. The normalized spacial score (nSPS) is 16.5. The fourth-order valence-corrected chi connectivity index (χ4v) is 5.47. The van der Waals surface area contributed by atoms with Crippen molar-refractivity contribution in [3.63, 3.8) is 0 Å². The molecule has 1 aromatic carbocycles. The molecular weight excluding hydrogens is 449 g/mol. The number of hydrogen-bond acceptors (Lipinski definition) is 6. The molecule has 0 aliphatic carbocycles. The topological polar surface area (TPSA) is 88.7 Å². The standard InChI is InChI=1S/C20H21F3N4O4S/c1-13-10-15-16(31-19(28)25(15)2)11-17(13)32(29,30)27-7-3-6-26(8-9-27)18-5-4-14(12-24-18)20(21,22)23/h4-5,10-12H,3,6-9H2,1-2H3. The molecule has 1 fully saturated rings. The van der Waals surface area contributed by atoms with Crippen LogP contribution in [-0.4, -0.2) is 48.5 Å². The van der Waals surface area contributed by atoms with Crippen LogP contribution in [0.25, 0.3) is 11.1 Å². The summed E-state index contributed by atoms with van der Waals surface area (Å²) in [5.41, 5.74) is 0.340. The first-order valence-electron chi connectivity index (χ1n) is 9.87. The quantitative estimate of drug-likeness (QED) is 0.585. The molecule has 0 spiro atoms. The predicted molar refractivity (Wildman–Crippen MR) is 111 cm³/mol. The monoisotopic (exact) mass is 470 g/mol. The minimum absolute atomic E-state index is 0.0560. The molecule has 32 heavy (non-hydrogen) atoms. The highest BCUT2D eigenvalue weighted by molar-refractivity contribution is 7.89. The lowest BCUT2D eigenvalue weighted by atomic mass is 10.2. The number of sulfonamides is 1. The molecule has 2 aromatic heterocycles. The second-order valence-electron chi connectivity index (χ2n) is 7.66. The molecule has 1 aliphatic rings. The van der Waals surface area contributed by atoms with E-state index in [1.165, 1.54) is 21.0 Å². The highest BCUT2D eigenvalue weighted by Crippen LogP contribution is 2.30. The van der Waals surface area contributed by atoms with E-state index >= 15 is 0 Å². The van der Waals surface area contributed by atoms with Gasteiger partial charge in [0.25, 0.3) is 0 Å². The van der Waals surface area contributed by atoms with E-state index in [9.17, 15) is 26.4 Å². The zero-order chi connectivity index (χ0) is 23.3. The van der Waals surface area contributed by atoms with Crippen molar-refractivity contribution in [2.45, 2.75) is 24.4 Å². The number of hydrogen-bond donors (Lipinski definition) is 0. The van der Waals surface area contributed by atoms with Gasteiger partial charge in [0.05, 0.1) is 16.0 Å². The molecule has 12 heteroatoms. The van der Waals surface area contributed by atoms with Gasteiger partial charge in [-0.15, -0.1) is 0 Å². The molecule has 0 radical (unpaired) electrons. The van der Waals surface area contributed by atoms with Gasteiger partial charge >= 0.3 is 11.9 Å². The van der Waals surface area contributed by atoms with E-state index in [1.54, 1.807) is 24.9 Å². The summed E-state index contributed by atoms with van der Waals surface area (Å²) in [5, 5.41) is 0. The van der Waals surface area contributed by atoms with Crippen molar-refractivity contribution in [3.8, 4) is 0 Å². The first kappa shape index (κ1) is 22.3. The Bertz CT molecular complexity index is 1310. The number of anilines is 1. The van der Waals surface area contributed by atoms with Gasteiger partial charge in [0.2, 0.25) is 10.0 Å². The maximum atomic E-state index is 13.3. The molecule has 0 N–H and O–H groups in total. The number of fused-ring (bicyclic) bond motifs is 1. The van der Waals surface area contributed by atoms with Crippen LogP contribution in [0.4, 0.5) is 19.0 Å². The lowest BCUT2D eigenvalue weighted by Gasteiger charge is -2.23. The fraction of sp³-hybridized carbons (Fsp3) is 0.400. The number of alkyl halides is 3. The number of oxazole rings is 1. The van der Waals surface area contributed by atoms with Gasteiger partial charge in [-0.25, -0.2) is 18.2 Å². The molecule has 0 unspecified atom stereocenters. The molecule has 4 rings (SSSR count). The Morgan fingerprint density at radius 3 is 2.50 bits per heavy atom. The van der Waals surface area contributed by atoms with Crippen molar-refractivity contribution in [3.05, 3.63) is 52.1 Å². The van der Waals surface area contributed by atoms with E-state index in [2.05, 4.69) is 4.98 Å². The second kappa shape index (κ2) is 7.93. The van der Waals surface area contributed by atoms with Crippen LogP contribution >= 0.6 is 0 Å². The van der Waals surface area contributed by atoms with E-state index in [-0.39, 0.29) is 30.1 Å². The number of aromatic nitrogens is 2. The highest BCUT2D eigenvalue weighted by atomic mass is 32.2. The maximum Gasteiger partial charge on any atom is 0.419 e. The second-order valence-corrected chi connectivity index (χ2v) is 9.57. The highest BCUT2D eigenvalue weighted by Gasteiger charge is 2.32. The Labute approximate surface area is 181 Å². The van der Waals surface area contributed by atoms with E-state index in [1.807, 2.05) is 0 Å². The van der Waals surface area contributed by atoms with E-state index < -0.39 is 27.5 Å². The molecule has 0 saturated carbocycles. The maximum absolute atomic E-state index is 13.3. The van der Waals surface area contributed by atoms with Gasteiger partial charge in [-0.05, 0) is 37.1 Å². The Hall–Kier alpha value is -2.86. The zero-order valence-electron chi connectivity index (χ0n) is 17.4. The summed E-state index contributed by atoms with van der Waals surface area (Å²) in [5.74, 6) is -0.218. The summed E-state index contributed by atoms with van der Waals surface area (Å²) in [6.07, 6.45) is -3.21. The number of pyridine rings is 1. The largest absolute Gasteiger partial charge is 0.419 e. The van der Waals surface area contributed by atoms with E-state index in [4.69, 9.17) is 4.42 Å². The minimum atomic E-state index is -4.47. The molecule has 0 bridgehead atoms. The third-order valence-corrected chi connectivity index (χ3v) is 7.60. The van der Waals surface area contributed by atoms with Gasteiger partial charge in [-0.1, -0.05) is 0 Å². The van der Waals surface area contributed by atoms with Crippen molar-refractivity contribution >= 4 is 26.9 Å². The number of rotatable bonds is 3. The molecule has 172 valence electrons. The molecule has 8 nitrogen and oxygen atoms in total. The van der Waals surface area contributed by atoms with Crippen molar-refractivity contribution in [2.75, 3.05) is 31.1 Å². The van der Waals surface area contributed by atoms with Gasteiger partial charge in [0.1, 0.15) is 5.82 Å². The van der Waals surface area contributed by atoms with Crippen molar-refractivity contribution in [1.29, 1.82) is 0 Å². The summed E-state index contributed by atoms with van der Waals surface area (Å²) in [7, 11) is -2.33. The Morgan fingerprint density at radius 1 is 1.09 bits per heavy atom. The third-order valence-electron chi connectivity index (χ3n) is 5.56. The average Bonchev–Trinajstić information content (AvgIpc) is 2.90. The fourth-order valence-electron chi connectivity index (χ4n) is 3.78. The van der Waals surface area contributed by atoms with Crippen LogP contribution in [0.2, 0.25) is 0 Å². The molecule has 0 amide bonds. The summed E-state index contributed by atoms with van der Waals surface area (Å²) >= 11 is 0. The summed E-state index contributed by atoms with van der Waals surface area (Å²) in [6, 6.07) is 5.22. The molecule has 0 atom stereocenters. The van der Waals surface area contributed by atoms with Crippen LogP contribution < -0.4 is 10.7 Å². The third kappa shape index (κ3) is 3.99. The minimum Gasteiger partial charge on any atom is -0.408 e. The van der Waals surface area contributed by atoms with E-state index in [0.29, 0.717) is 29.9 Å². The smallest absolute Gasteiger partial charge is 0.408 e. The number of benzene rings is 1. The molecule has 1 saturated heterocycles. The van der Waals surface area contributed by atoms with Crippen molar-refractivity contribution in [1.82, 2.24) is 13.9 Å². The lowest BCUT2D eigenvalue weighted by Crippen LogP contribution is -2.35. The van der Waals surface area contributed by atoms with E-state index in [0.717, 1.165) is 12.3 Å². The summed E-state index contributed by atoms with van der Waals surface area (Å²) in [4.78, 5) is 17.5. The van der Waals surface area contributed by atoms with Crippen LogP contribution in [0.15, 0.2) is 44.6 Å². The molecule has 1 aliphatic heterocycles. The van der Waals surface area contributed by atoms with Crippen LogP contribution in [0.3, 0.4) is 0 Å². The van der Waals surface area contributed by atoms with Crippen molar-refractivity contribution in [2.24, 2.45) is 7.05 Å². The molecule has 3 aromatic rings. The Balaban J connectivity index is 1.57. The number of aryl methyl sites for hydroxylation is 2. The summed E-state index contributed by atoms with van der Waals surface area (Å²) < 4.78 is 72.8. The Kier molecular flexibility index (Phi) is 5.53. The first-order valence-corrected chi connectivity index (χ1v) is 11.3. The average molecular weight is 470 g/mol. The number of halogens is 3. The SMILES string of the molecule is Cc1cc2c(cc1S(=O)(=O)N1CCCN(c3ccc(C(F)(F)F)cn3)CC1)oc(=O)n2C. The van der Waals surface area contributed by atoms with Crippen LogP contribution in [0.5, 0.6) is 0 Å². The Morgan fingerprint density at radius 2 is 1.84 bits per heavy atom. The van der Waals surface area contributed by atoms with Gasteiger partial charge in [0.15, 0.2) is 5.58 Å².